The molecular formula is C25H35BrClNO3S. The van der Waals surface area contributed by atoms with Crippen LogP contribution < -0.4 is 9.46 Å². The van der Waals surface area contributed by atoms with Crippen LogP contribution in [0.2, 0.25) is 5.02 Å². The molecule has 0 bridgehead atoms. The molecule has 32 heavy (non-hydrogen) atoms. The fraction of sp³-hybridized carbons (Fsp3) is 0.360. The Bertz CT molecular complexity index is 987. The van der Waals surface area contributed by atoms with Crippen molar-refractivity contribution in [3.8, 4) is 5.75 Å². The Morgan fingerprint density at radius 3 is 2.16 bits per heavy atom. The van der Waals surface area contributed by atoms with Gasteiger partial charge >= 0.3 is 0 Å². The minimum absolute atomic E-state index is 0.0862. The van der Waals surface area contributed by atoms with E-state index in [0.29, 0.717) is 5.76 Å². The minimum atomic E-state index is -3.61. The van der Waals surface area contributed by atoms with E-state index in [-0.39, 0.29) is 16.0 Å². The molecule has 4 nitrogen and oxygen atoms in total. The first kappa shape index (κ1) is 30.4. The van der Waals surface area contributed by atoms with Gasteiger partial charge in [0, 0.05) is 10.5 Å². The summed E-state index contributed by atoms with van der Waals surface area (Å²) in [6, 6.07) is 12.3. The Balaban J connectivity index is 0.000000582. The molecule has 0 saturated carbocycles. The number of nitrogens with one attached hydrogen (secondary N) is 1. The van der Waals surface area contributed by atoms with Crippen LogP contribution in [0.25, 0.3) is 0 Å². The lowest BCUT2D eigenvalue weighted by Gasteiger charge is -2.15. The second-order valence-electron chi connectivity index (χ2n) is 7.27. The van der Waals surface area contributed by atoms with E-state index in [4.69, 9.17) is 16.3 Å². The van der Waals surface area contributed by atoms with Crippen molar-refractivity contribution < 1.29 is 13.2 Å². The summed E-state index contributed by atoms with van der Waals surface area (Å²) in [6.45, 7) is 17.3. The SMILES string of the molecule is C/C=C(\C)C(C)NS(=O)(=O)c1ccc(Br)cc1Cl.C=C(C)Oc1ccc(C)cc1.CCC. The van der Waals surface area contributed by atoms with Crippen LogP contribution in [0.3, 0.4) is 0 Å². The second kappa shape index (κ2) is 15.3. The predicted molar refractivity (Wildman–Crippen MR) is 141 cm³/mol. The van der Waals surface area contributed by atoms with Crippen LogP contribution in [0.1, 0.15) is 53.5 Å². The van der Waals surface area contributed by atoms with Gasteiger partial charge in [-0.3, -0.25) is 0 Å². The summed E-state index contributed by atoms with van der Waals surface area (Å²) in [4.78, 5) is 0.0862. The Morgan fingerprint density at radius 2 is 1.72 bits per heavy atom. The van der Waals surface area contributed by atoms with Crippen LogP contribution in [-0.4, -0.2) is 14.5 Å². The number of benzene rings is 2. The largest absolute Gasteiger partial charge is 0.463 e. The molecule has 0 aliphatic carbocycles. The zero-order valence-electron chi connectivity index (χ0n) is 20.0. The van der Waals surface area contributed by atoms with Crippen molar-refractivity contribution in [1.82, 2.24) is 4.72 Å². The molecule has 0 heterocycles. The molecule has 7 heteroatoms. The van der Waals surface area contributed by atoms with Crippen molar-refractivity contribution in [2.45, 2.75) is 65.8 Å². The molecule has 0 aliphatic heterocycles. The van der Waals surface area contributed by atoms with Crippen LogP contribution in [0.4, 0.5) is 0 Å². The number of allylic oxidation sites excluding steroid dienone is 2. The van der Waals surface area contributed by atoms with E-state index in [1.54, 1.807) is 19.1 Å². The summed E-state index contributed by atoms with van der Waals surface area (Å²) < 4.78 is 32.9. The molecular weight excluding hydrogens is 510 g/mol. The van der Waals surface area contributed by atoms with Gasteiger partial charge in [0.2, 0.25) is 10.0 Å². The molecule has 0 aromatic heterocycles. The Kier molecular flexibility index (Phi) is 14.5. The summed E-state index contributed by atoms with van der Waals surface area (Å²) in [7, 11) is -3.61. The lowest BCUT2D eigenvalue weighted by molar-refractivity contribution is 0.430. The third-order valence-corrected chi connectivity index (χ3v) is 6.48. The minimum Gasteiger partial charge on any atom is -0.463 e. The highest BCUT2D eigenvalue weighted by Gasteiger charge is 2.20. The van der Waals surface area contributed by atoms with Crippen molar-refractivity contribution in [2.24, 2.45) is 0 Å². The summed E-state index contributed by atoms with van der Waals surface area (Å²) in [5.74, 6) is 1.57. The van der Waals surface area contributed by atoms with Gasteiger partial charge in [0.25, 0.3) is 0 Å². The average molecular weight is 545 g/mol. The molecule has 178 valence electrons. The molecule has 2 aromatic carbocycles. The third-order valence-electron chi connectivity index (χ3n) is 3.97. The van der Waals surface area contributed by atoms with Gasteiger partial charge in [0.1, 0.15) is 10.6 Å². The van der Waals surface area contributed by atoms with Crippen LogP contribution in [0.5, 0.6) is 5.75 Å². The standard InChI is InChI=1S/C12H15BrClNO2S.C10H12O.C3H8/c1-4-8(2)9(3)15-18(16,17)12-6-5-10(13)7-11(12)14;1-8(2)11-10-6-4-9(3)5-7-10;1-3-2/h4-7,9,15H,1-3H3;4-7H,1H2,2-3H3;3H2,1-2H3/b8-4+;;. The summed E-state index contributed by atoms with van der Waals surface area (Å²) >= 11 is 9.19. The maximum absolute atomic E-state index is 12.2. The normalized spacial score (nSPS) is 12.0. The zero-order chi connectivity index (χ0) is 24.9. The number of ether oxygens (including phenoxy) is 1. The quantitative estimate of drug-likeness (QED) is 0.295. The lowest BCUT2D eigenvalue weighted by Crippen LogP contribution is -2.33. The van der Waals surface area contributed by atoms with Crippen LogP contribution in [0.15, 0.2) is 75.8 Å². The summed E-state index contributed by atoms with van der Waals surface area (Å²) in [5, 5.41) is 0.196. The molecule has 1 unspecified atom stereocenters. The Morgan fingerprint density at radius 1 is 1.19 bits per heavy atom. The molecule has 0 saturated heterocycles. The molecule has 1 atom stereocenters. The summed E-state index contributed by atoms with van der Waals surface area (Å²) in [5.41, 5.74) is 2.19. The highest BCUT2D eigenvalue weighted by Crippen LogP contribution is 2.25. The van der Waals surface area contributed by atoms with E-state index in [9.17, 15) is 8.42 Å². The van der Waals surface area contributed by atoms with E-state index < -0.39 is 10.0 Å². The highest BCUT2D eigenvalue weighted by atomic mass is 79.9. The number of sulfonamides is 1. The maximum atomic E-state index is 12.2. The first-order valence-electron chi connectivity index (χ1n) is 10.4. The smallest absolute Gasteiger partial charge is 0.242 e. The maximum Gasteiger partial charge on any atom is 0.242 e. The molecule has 2 aromatic rings. The monoisotopic (exact) mass is 543 g/mol. The topological polar surface area (TPSA) is 55.4 Å². The van der Waals surface area contributed by atoms with Gasteiger partial charge in [0.05, 0.1) is 10.8 Å². The summed E-state index contributed by atoms with van der Waals surface area (Å²) in [6.07, 6.45) is 3.12. The Hall–Kier alpha value is -1.60. The van der Waals surface area contributed by atoms with Gasteiger partial charge < -0.3 is 4.74 Å². The van der Waals surface area contributed by atoms with Crippen molar-refractivity contribution >= 4 is 37.6 Å². The molecule has 0 fully saturated rings. The van der Waals surface area contributed by atoms with Gasteiger partial charge in [-0.05, 0) is 65.0 Å². The third kappa shape index (κ3) is 11.9. The highest BCUT2D eigenvalue weighted by molar-refractivity contribution is 9.10. The number of hydrogen-bond acceptors (Lipinski definition) is 3. The van der Waals surface area contributed by atoms with Crippen molar-refractivity contribution in [1.29, 1.82) is 0 Å². The Labute approximate surface area is 207 Å². The zero-order valence-corrected chi connectivity index (χ0v) is 23.2. The van der Waals surface area contributed by atoms with Crippen LogP contribution in [-0.2, 0) is 10.0 Å². The number of rotatable bonds is 6. The van der Waals surface area contributed by atoms with E-state index in [1.807, 2.05) is 58.0 Å². The molecule has 1 N–H and O–H groups in total. The van der Waals surface area contributed by atoms with Gasteiger partial charge in [0.15, 0.2) is 0 Å². The molecule has 0 radical (unpaired) electrons. The van der Waals surface area contributed by atoms with Crippen LogP contribution in [0, 0.1) is 6.92 Å². The molecule has 0 aliphatic rings. The second-order valence-corrected chi connectivity index (χ2v) is 10.3. The number of aryl methyl sites for hydroxylation is 1. The number of hydrogen-bond donors (Lipinski definition) is 1. The predicted octanol–water partition coefficient (Wildman–Crippen LogP) is 8.06. The van der Waals surface area contributed by atoms with Gasteiger partial charge in [-0.1, -0.05) is 83.7 Å². The fourth-order valence-electron chi connectivity index (χ4n) is 2.14. The van der Waals surface area contributed by atoms with Gasteiger partial charge in [-0.2, -0.15) is 0 Å². The van der Waals surface area contributed by atoms with Crippen molar-refractivity contribution in [3.05, 3.63) is 81.5 Å². The van der Waals surface area contributed by atoms with Gasteiger partial charge in [-0.25, -0.2) is 13.1 Å². The lowest BCUT2D eigenvalue weighted by atomic mass is 10.2. The van der Waals surface area contributed by atoms with E-state index in [2.05, 4.69) is 41.1 Å². The van der Waals surface area contributed by atoms with E-state index in [1.165, 1.54) is 18.1 Å². The van der Waals surface area contributed by atoms with Gasteiger partial charge in [-0.15, -0.1) is 0 Å². The van der Waals surface area contributed by atoms with Crippen LogP contribution >= 0.6 is 27.5 Å². The van der Waals surface area contributed by atoms with E-state index in [0.717, 1.165) is 15.8 Å². The number of halogens is 2. The molecule has 2 rings (SSSR count). The average Bonchev–Trinajstić information content (AvgIpc) is 2.69. The fourth-order valence-corrected chi connectivity index (χ4v) is 4.46. The van der Waals surface area contributed by atoms with E-state index >= 15 is 0 Å². The first-order valence-corrected chi connectivity index (χ1v) is 13.0. The molecule has 0 amide bonds. The van der Waals surface area contributed by atoms with Crippen molar-refractivity contribution in [3.63, 3.8) is 0 Å². The first-order chi connectivity index (χ1) is 14.9. The molecule has 0 spiro atoms. The van der Waals surface area contributed by atoms with Crippen molar-refractivity contribution in [2.75, 3.05) is 0 Å².